The van der Waals surface area contributed by atoms with E-state index in [4.69, 9.17) is 0 Å². The molecule has 3 heteroatoms. The molecule has 21 heavy (non-hydrogen) atoms. The van der Waals surface area contributed by atoms with E-state index in [9.17, 15) is 4.79 Å². The van der Waals surface area contributed by atoms with E-state index >= 15 is 0 Å². The number of carbonyl (C=O) groups excluding carboxylic acids is 1. The number of hydrogen-bond donors (Lipinski definition) is 1. The van der Waals surface area contributed by atoms with Crippen LogP contribution in [-0.2, 0) is 4.79 Å². The minimum atomic E-state index is -0.0207. The lowest BCUT2D eigenvalue weighted by molar-refractivity contribution is -0.131. The first-order valence-corrected chi connectivity index (χ1v) is 8.30. The topological polar surface area (TPSA) is 32.3 Å². The Labute approximate surface area is 127 Å². The van der Waals surface area contributed by atoms with Gasteiger partial charge >= 0.3 is 0 Å². The highest BCUT2D eigenvalue weighted by atomic mass is 16.2. The van der Waals surface area contributed by atoms with Gasteiger partial charge in [0.1, 0.15) is 6.17 Å². The molecule has 1 N–H and O–H groups in total. The van der Waals surface area contributed by atoms with Crippen LogP contribution in [-0.4, -0.2) is 23.4 Å². The van der Waals surface area contributed by atoms with Crippen molar-refractivity contribution in [2.45, 2.75) is 58.2 Å². The standard InChI is InChI=1S/C18H26N2O/c1-3-10-18(11-12-18)13-20-16(14-8-6-5-7-9-14)19-15(4-2)17(20)21/h5-9,15-16,19H,3-4,10-13H2,1-2H3. The Hall–Kier alpha value is -1.35. The first kappa shape index (κ1) is 14.6. The van der Waals surface area contributed by atoms with Gasteiger partial charge in [0.05, 0.1) is 6.04 Å². The van der Waals surface area contributed by atoms with Crippen molar-refractivity contribution in [2.75, 3.05) is 6.54 Å². The van der Waals surface area contributed by atoms with Crippen LogP contribution >= 0.6 is 0 Å². The van der Waals surface area contributed by atoms with Crippen LogP contribution in [0.2, 0.25) is 0 Å². The first-order valence-electron chi connectivity index (χ1n) is 8.30. The van der Waals surface area contributed by atoms with E-state index in [2.05, 4.69) is 48.3 Å². The average Bonchev–Trinajstić information content (AvgIpc) is 3.19. The third-order valence-electron chi connectivity index (χ3n) is 5.02. The molecule has 1 saturated carbocycles. The number of amides is 1. The Balaban J connectivity index is 1.82. The van der Waals surface area contributed by atoms with E-state index in [-0.39, 0.29) is 18.1 Å². The van der Waals surface area contributed by atoms with E-state index in [0.717, 1.165) is 13.0 Å². The molecule has 1 aliphatic heterocycles. The van der Waals surface area contributed by atoms with Gasteiger partial charge in [-0.15, -0.1) is 0 Å². The zero-order chi connectivity index (χ0) is 14.9. The van der Waals surface area contributed by atoms with Crippen molar-refractivity contribution in [2.24, 2.45) is 5.41 Å². The molecule has 0 aromatic heterocycles. The fourth-order valence-corrected chi connectivity index (χ4v) is 3.61. The summed E-state index contributed by atoms with van der Waals surface area (Å²) in [5, 5.41) is 3.53. The molecular formula is C18H26N2O. The summed E-state index contributed by atoms with van der Waals surface area (Å²) in [5.41, 5.74) is 1.61. The predicted molar refractivity (Wildman–Crippen MR) is 84.7 cm³/mol. The van der Waals surface area contributed by atoms with Crippen LogP contribution in [0.5, 0.6) is 0 Å². The molecule has 1 saturated heterocycles. The maximum Gasteiger partial charge on any atom is 0.241 e. The van der Waals surface area contributed by atoms with E-state index in [1.165, 1.54) is 31.2 Å². The summed E-state index contributed by atoms with van der Waals surface area (Å²) in [6.45, 7) is 5.25. The van der Waals surface area contributed by atoms with Crippen LogP contribution in [0.1, 0.15) is 57.7 Å². The summed E-state index contributed by atoms with van der Waals surface area (Å²) in [6, 6.07) is 10.4. The van der Waals surface area contributed by atoms with Crippen LogP contribution in [0.3, 0.4) is 0 Å². The summed E-state index contributed by atoms with van der Waals surface area (Å²) in [4.78, 5) is 14.8. The minimum absolute atomic E-state index is 0.0207. The average molecular weight is 286 g/mol. The molecule has 1 aromatic rings. The lowest BCUT2D eigenvalue weighted by Crippen LogP contribution is -2.36. The van der Waals surface area contributed by atoms with Gasteiger partial charge in [0.15, 0.2) is 0 Å². The largest absolute Gasteiger partial charge is 0.321 e. The van der Waals surface area contributed by atoms with Crippen molar-refractivity contribution in [3.05, 3.63) is 35.9 Å². The second-order valence-corrected chi connectivity index (χ2v) is 6.66. The number of benzene rings is 1. The molecule has 3 nitrogen and oxygen atoms in total. The molecule has 2 unspecified atom stereocenters. The zero-order valence-corrected chi connectivity index (χ0v) is 13.1. The minimum Gasteiger partial charge on any atom is -0.321 e. The fourth-order valence-electron chi connectivity index (χ4n) is 3.61. The molecule has 0 spiro atoms. The van der Waals surface area contributed by atoms with Crippen molar-refractivity contribution >= 4 is 5.91 Å². The molecule has 2 aliphatic rings. The summed E-state index contributed by atoms with van der Waals surface area (Å²) >= 11 is 0. The molecule has 3 rings (SSSR count). The Morgan fingerprint density at radius 3 is 2.52 bits per heavy atom. The van der Waals surface area contributed by atoms with Crippen molar-refractivity contribution < 1.29 is 4.79 Å². The monoisotopic (exact) mass is 286 g/mol. The van der Waals surface area contributed by atoms with Crippen LogP contribution in [0.4, 0.5) is 0 Å². The highest BCUT2D eigenvalue weighted by molar-refractivity contribution is 5.84. The summed E-state index contributed by atoms with van der Waals surface area (Å²) in [7, 11) is 0. The van der Waals surface area contributed by atoms with Gasteiger partial charge in [-0.3, -0.25) is 10.1 Å². The molecule has 1 heterocycles. The highest BCUT2D eigenvalue weighted by Gasteiger charge is 2.48. The van der Waals surface area contributed by atoms with Gasteiger partial charge in [-0.05, 0) is 36.7 Å². The molecule has 2 atom stereocenters. The van der Waals surface area contributed by atoms with E-state index in [0.29, 0.717) is 5.41 Å². The first-order chi connectivity index (χ1) is 10.2. The predicted octanol–water partition coefficient (Wildman–Crippen LogP) is 3.48. The smallest absolute Gasteiger partial charge is 0.241 e. The fraction of sp³-hybridized carbons (Fsp3) is 0.611. The Morgan fingerprint density at radius 1 is 1.24 bits per heavy atom. The Bertz CT molecular complexity index is 495. The van der Waals surface area contributed by atoms with Gasteiger partial charge in [-0.1, -0.05) is 50.6 Å². The van der Waals surface area contributed by atoms with E-state index < -0.39 is 0 Å². The quantitative estimate of drug-likeness (QED) is 0.868. The number of nitrogens with zero attached hydrogens (tertiary/aromatic N) is 1. The SMILES string of the molecule is CCCC1(CN2C(=O)C(CC)NC2c2ccccc2)CC1. The highest BCUT2D eigenvalue weighted by Crippen LogP contribution is 2.51. The molecular weight excluding hydrogens is 260 g/mol. The van der Waals surface area contributed by atoms with Crippen molar-refractivity contribution in [1.29, 1.82) is 0 Å². The van der Waals surface area contributed by atoms with Gasteiger partial charge in [-0.25, -0.2) is 0 Å². The number of rotatable bonds is 6. The van der Waals surface area contributed by atoms with E-state index in [1.807, 2.05) is 6.07 Å². The van der Waals surface area contributed by atoms with Gasteiger partial charge in [0.2, 0.25) is 5.91 Å². The molecule has 114 valence electrons. The summed E-state index contributed by atoms with van der Waals surface area (Å²) in [6.07, 6.45) is 5.93. The lowest BCUT2D eigenvalue weighted by atomic mass is 9.99. The Kier molecular flexibility index (Phi) is 4.03. The molecule has 0 radical (unpaired) electrons. The maximum absolute atomic E-state index is 12.7. The van der Waals surface area contributed by atoms with E-state index in [1.54, 1.807) is 0 Å². The molecule has 1 aliphatic carbocycles. The molecule has 1 aromatic carbocycles. The van der Waals surface area contributed by atoms with Crippen molar-refractivity contribution in [3.8, 4) is 0 Å². The van der Waals surface area contributed by atoms with Gasteiger partial charge in [0.25, 0.3) is 0 Å². The Morgan fingerprint density at radius 2 is 1.95 bits per heavy atom. The molecule has 0 bridgehead atoms. The molecule has 1 amide bonds. The maximum atomic E-state index is 12.7. The third-order valence-corrected chi connectivity index (χ3v) is 5.02. The summed E-state index contributed by atoms with van der Waals surface area (Å²) in [5.74, 6) is 0.286. The third kappa shape index (κ3) is 2.84. The van der Waals surface area contributed by atoms with Crippen molar-refractivity contribution in [1.82, 2.24) is 10.2 Å². The number of nitrogens with one attached hydrogen (secondary N) is 1. The van der Waals surface area contributed by atoms with Crippen molar-refractivity contribution in [3.63, 3.8) is 0 Å². The second-order valence-electron chi connectivity index (χ2n) is 6.66. The number of carbonyl (C=O) groups is 1. The van der Waals surface area contributed by atoms with Crippen LogP contribution in [0.25, 0.3) is 0 Å². The lowest BCUT2D eigenvalue weighted by Gasteiger charge is -2.29. The van der Waals surface area contributed by atoms with Gasteiger partial charge < -0.3 is 4.90 Å². The normalized spacial score (nSPS) is 27.1. The second kappa shape index (κ2) is 5.80. The summed E-state index contributed by atoms with van der Waals surface area (Å²) < 4.78 is 0. The van der Waals surface area contributed by atoms with Gasteiger partial charge in [0, 0.05) is 6.54 Å². The molecule has 2 fully saturated rings. The zero-order valence-electron chi connectivity index (χ0n) is 13.1. The van der Waals surface area contributed by atoms with Gasteiger partial charge in [-0.2, -0.15) is 0 Å². The van der Waals surface area contributed by atoms with Crippen LogP contribution < -0.4 is 5.32 Å². The number of hydrogen-bond acceptors (Lipinski definition) is 2. The van der Waals surface area contributed by atoms with Crippen LogP contribution in [0.15, 0.2) is 30.3 Å². The van der Waals surface area contributed by atoms with Crippen LogP contribution in [0, 0.1) is 5.41 Å².